The van der Waals surface area contributed by atoms with Gasteiger partial charge in [-0.25, -0.2) is 0 Å². The van der Waals surface area contributed by atoms with E-state index in [1.165, 1.54) is 0 Å². The van der Waals surface area contributed by atoms with Gasteiger partial charge in [0.2, 0.25) is 18.6 Å². The fourth-order valence-corrected chi connectivity index (χ4v) is 2.50. The lowest BCUT2D eigenvalue weighted by Gasteiger charge is -2.06. The molecule has 0 saturated heterocycles. The van der Waals surface area contributed by atoms with Gasteiger partial charge in [-0.15, -0.1) is 0 Å². The van der Waals surface area contributed by atoms with Crippen molar-refractivity contribution in [3.05, 3.63) is 18.2 Å². The highest BCUT2D eigenvalue weighted by atomic mass is 16.7. The molecule has 0 radical (unpaired) electrons. The Morgan fingerprint density at radius 1 is 1.18 bits per heavy atom. The number of hydrogen-bond acceptors (Lipinski definition) is 4. The first-order valence-corrected chi connectivity index (χ1v) is 7.67. The molecule has 3 rings (SSSR count). The first kappa shape index (κ1) is 14.7. The Balaban J connectivity index is 1.50. The molecule has 0 bridgehead atoms. The highest BCUT2D eigenvalue weighted by Gasteiger charge is 2.47. The van der Waals surface area contributed by atoms with Crippen LogP contribution in [0.3, 0.4) is 0 Å². The average molecular weight is 304 g/mol. The van der Waals surface area contributed by atoms with Gasteiger partial charge in [-0.2, -0.15) is 0 Å². The third-order valence-electron chi connectivity index (χ3n) is 3.93. The van der Waals surface area contributed by atoms with Gasteiger partial charge in [0, 0.05) is 18.3 Å². The number of carbonyl (C=O) groups excluding carboxylic acids is 2. The Bertz CT molecular complexity index is 588. The number of ether oxygens (including phenoxy) is 2. The second-order valence-electron chi connectivity index (χ2n) is 5.65. The van der Waals surface area contributed by atoms with Crippen LogP contribution >= 0.6 is 0 Å². The molecule has 0 spiro atoms. The number of amides is 2. The van der Waals surface area contributed by atoms with E-state index in [9.17, 15) is 9.59 Å². The number of nitrogens with one attached hydrogen (secondary N) is 2. The van der Waals surface area contributed by atoms with Crippen molar-refractivity contribution < 1.29 is 19.1 Å². The van der Waals surface area contributed by atoms with E-state index in [2.05, 4.69) is 17.6 Å². The van der Waals surface area contributed by atoms with Crippen LogP contribution in [0.25, 0.3) is 0 Å². The zero-order chi connectivity index (χ0) is 15.5. The summed E-state index contributed by atoms with van der Waals surface area (Å²) in [5.41, 5.74) is 0.659. The summed E-state index contributed by atoms with van der Waals surface area (Å²) in [5.74, 6) is 0.756. The number of carbonyl (C=O) groups is 2. The molecule has 2 unspecified atom stereocenters. The minimum atomic E-state index is -0.230. The van der Waals surface area contributed by atoms with Gasteiger partial charge in [0.25, 0.3) is 0 Å². The van der Waals surface area contributed by atoms with Gasteiger partial charge >= 0.3 is 0 Å². The fraction of sp³-hybridized carbons (Fsp3) is 0.500. The maximum atomic E-state index is 12.2. The summed E-state index contributed by atoms with van der Waals surface area (Å²) in [6, 6.07) is 5.27. The van der Waals surface area contributed by atoms with Crippen LogP contribution in [-0.4, -0.2) is 25.2 Å². The summed E-state index contributed by atoms with van der Waals surface area (Å²) in [6.07, 6.45) is 2.62. The molecule has 6 heteroatoms. The topological polar surface area (TPSA) is 76.7 Å². The summed E-state index contributed by atoms with van der Waals surface area (Å²) >= 11 is 0. The SMILES string of the molecule is CCCCNC(=O)C1CC1C(=O)Nc1ccc2c(c1)OCO2. The van der Waals surface area contributed by atoms with E-state index >= 15 is 0 Å². The van der Waals surface area contributed by atoms with Gasteiger partial charge in [-0.3, -0.25) is 9.59 Å². The van der Waals surface area contributed by atoms with Crippen LogP contribution in [0, 0.1) is 11.8 Å². The lowest BCUT2D eigenvalue weighted by molar-refractivity contribution is -0.125. The number of unbranched alkanes of at least 4 members (excludes halogenated alkanes) is 1. The predicted octanol–water partition coefficient (Wildman–Crippen LogP) is 1.91. The minimum Gasteiger partial charge on any atom is -0.454 e. The van der Waals surface area contributed by atoms with Crippen LogP contribution < -0.4 is 20.1 Å². The van der Waals surface area contributed by atoms with Crippen molar-refractivity contribution in [1.29, 1.82) is 0 Å². The molecule has 6 nitrogen and oxygen atoms in total. The molecular weight excluding hydrogens is 284 g/mol. The predicted molar refractivity (Wildman–Crippen MR) is 80.7 cm³/mol. The molecule has 1 heterocycles. The first-order chi connectivity index (χ1) is 10.7. The normalized spacial score (nSPS) is 21.3. The Morgan fingerprint density at radius 2 is 1.95 bits per heavy atom. The summed E-state index contributed by atoms with van der Waals surface area (Å²) in [5, 5.41) is 5.70. The second-order valence-corrected chi connectivity index (χ2v) is 5.65. The van der Waals surface area contributed by atoms with Gasteiger partial charge < -0.3 is 20.1 Å². The third kappa shape index (κ3) is 3.16. The van der Waals surface area contributed by atoms with Crippen molar-refractivity contribution in [2.24, 2.45) is 11.8 Å². The standard InChI is InChI=1S/C16H20N2O4/c1-2-3-6-17-15(19)11-8-12(11)16(20)18-10-4-5-13-14(7-10)22-9-21-13/h4-5,7,11-12H,2-3,6,8-9H2,1H3,(H,17,19)(H,18,20). The first-order valence-electron chi connectivity index (χ1n) is 7.67. The second kappa shape index (κ2) is 6.25. The van der Waals surface area contributed by atoms with Gasteiger partial charge in [0.15, 0.2) is 11.5 Å². The summed E-state index contributed by atoms with van der Waals surface area (Å²) in [7, 11) is 0. The van der Waals surface area contributed by atoms with Crippen molar-refractivity contribution in [2.75, 3.05) is 18.7 Å². The summed E-state index contributed by atoms with van der Waals surface area (Å²) in [4.78, 5) is 24.0. The lowest BCUT2D eigenvalue weighted by atomic mass is 10.2. The van der Waals surface area contributed by atoms with Crippen LogP contribution in [-0.2, 0) is 9.59 Å². The molecule has 1 fully saturated rings. The maximum Gasteiger partial charge on any atom is 0.231 e. The van der Waals surface area contributed by atoms with E-state index in [1.54, 1.807) is 18.2 Å². The van der Waals surface area contributed by atoms with Gasteiger partial charge in [-0.05, 0) is 25.0 Å². The van der Waals surface area contributed by atoms with Crippen molar-refractivity contribution in [1.82, 2.24) is 5.32 Å². The zero-order valence-corrected chi connectivity index (χ0v) is 12.6. The fourth-order valence-electron chi connectivity index (χ4n) is 2.50. The van der Waals surface area contributed by atoms with E-state index in [0.29, 0.717) is 30.2 Å². The molecule has 1 saturated carbocycles. The number of anilines is 1. The molecule has 22 heavy (non-hydrogen) atoms. The number of fused-ring (bicyclic) bond motifs is 1. The molecule has 1 aromatic carbocycles. The molecule has 2 atom stereocenters. The maximum absolute atomic E-state index is 12.2. The van der Waals surface area contributed by atoms with Gasteiger partial charge in [0.1, 0.15) is 0 Å². The minimum absolute atomic E-state index is 0.0145. The Kier molecular flexibility index (Phi) is 4.18. The average Bonchev–Trinajstić information content (AvgIpc) is 3.19. The van der Waals surface area contributed by atoms with E-state index in [4.69, 9.17) is 9.47 Å². The van der Waals surface area contributed by atoms with E-state index in [1.807, 2.05) is 0 Å². The van der Waals surface area contributed by atoms with E-state index < -0.39 is 0 Å². The van der Waals surface area contributed by atoms with Crippen molar-refractivity contribution in [3.63, 3.8) is 0 Å². The lowest BCUT2D eigenvalue weighted by Crippen LogP contribution is -2.28. The molecular formula is C16H20N2O4. The summed E-state index contributed by atoms with van der Waals surface area (Å²) in [6.45, 7) is 2.96. The number of rotatable bonds is 6. The van der Waals surface area contributed by atoms with Crippen LogP contribution in [0.1, 0.15) is 26.2 Å². The monoisotopic (exact) mass is 304 g/mol. The quantitative estimate of drug-likeness (QED) is 0.787. The Morgan fingerprint density at radius 3 is 2.77 bits per heavy atom. The highest BCUT2D eigenvalue weighted by Crippen LogP contribution is 2.40. The molecule has 118 valence electrons. The largest absolute Gasteiger partial charge is 0.454 e. The van der Waals surface area contributed by atoms with Crippen molar-refractivity contribution in [3.8, 4) is 11.5 Å². The van der Waals surface area contributed by atoms with Gasteiger partial charge in [0.05, 0.1) is 11.8 Å². The van der Waals surface area contributed by atoms with Gasteiger partial charge in [-0.1, -0.05) is 13.3 Å². The van der Waals surface area contributed by atoms with Crippen LogP contribution in [0.15, 0.2) is 18.2 Å². The molecule has 2 amide bonds. The molecule has 1 aliphatic heterocycles. The summed E-state index contributed by atoms with van der Waals surface area (Å²) < 4.78 is 10.5. The number of benzene rings is 1. The highest BCUT2D eigenvalue weighted by molar-refractivity contribution is 5.99. The van der Waals surface area contributed by atoms with Crippen molar-refractivity contribution >= 4 is 17.5 Å². The van der Waals surface area contributed by atoms with Crippen LogP contribution in [0.4, 0.5) is 5.69 Å². The van der Waals surface area contributed by atoms with E-state index in [-0.39, 0.29) is 30.4 Å². The zero-order valence-electron chi connectivity index (χ0n) is 12.6. The number of hydrogen-bond donors (Lipinski definition) is 2. The molecule has 0 aromatic heterocycles. The smallest absolute Gasteiger partial charge is 0.231 e. The Labute approximate surface area is 129 Å². The molecule has 1 aliphatic carbocycles. The van der Waals surface area contributed by atoms with Crippen molar-refractivity contribution in [2.45, 2.75) is 26.2 Å². The van der Waals surface area contributed by atoms with Crippen LogP contribution in [0.5, 0.6) is 11.5 Å². The molecule has 2 N–H and O–H groups in total. The van der Waals surface area contributed by atoms with E-state index in [0.717, 1.165) is 12.8 Å². The Hall–Kier alpha value is -2.24. The molecule has 2 aliphatic rings. The molecule has 1 aromatic rings. The van der Waals surface area contributed by atoms with Crippen LogP contribution in [0.2, 0.25) is 0 Å². The third-order valence-corrected chi connectivity index (χ3v) is 3.93.